The monoisotopic (exact) mass is 311 g/mol. The van der Waals surface area contributed by atoms with Crippen LogP contribution < -0.4 is 10.6 Å². The second-order valence-corrected chi connectivity index (χ2v) is 8.19. The summed E-state index contributed by atoms with van der Waals surface area (Å²) in [6, 6.07) is 0.152. The highest BCUT2D eigenvalue weighted by molar-refractivity contribution is 5.74. The van der Waals surface area contributed by atoms with Crippen molar-refractivity contribution in [3.8, 4) is 0 Å². The van der Waals surface area contributed by atoms with Gasteiger partial charge in [0.1, 0.15) is 0 Å². The van der Waals surface area contributed by atoms with Crippen LogP contribution in [0.15, 0.2) is 0 Å². The molecule has 1 aliphatic carbocycles. The molecule has 1 saturated carbocycles. The van der Waals surface area contributed by atoms with Crippen molar-refractivity contribution in [1.82, 2.24) is 15.5 Å². The van der Waals surface area contributed by atoms with Crippen LogP contribution in [0.5, 0.6) is 0 Å². The lowest BCUT2D eigenvalue weighted by Crippen LogP contribution is -2.49. The molecule has 1 aliphatic heterocycles. The highest BCUT2D eigenvalue weighted by Crippen LogP contribution is 2.30. The molecule has 3 N–H and O–H groups in total. The number of rotatable bonds is 7. The molecule has 22 heavy (non-hydrogen) atoms. The summed E-state index contributed by atoms with van der Waals surface area (Å²) in [6.45, 7) is 11.7. The van der Waals surface area contributed by atoms with Crippen molar-refractivity contribution in [3.05, 3.63) is 0 Å². The first-order valence-electron chi connectivity index (χ1n) is 8.72. The van der Waals surface area contributed by atoms with Crippen molar-refractivity contribution in [1.29, 1.82) is 0 Å². The summed E-state index contributed by atoms with van der Waals surface area (Å²) >= 11 is 0. The van der Waals surface area contributed by atoms with Crippen LogP contribution in [0.1, 0.15) is 47.0 Å². The van der Waals surface area contributed by atoms with Crippen molar-refractivity contribution < 1.29 is 9.90 Å². The highest BCUT2D eigenvalue weighted by Gasteiger charge is 2.32. The van der Waals surface area contributed by atoms with Gasteiger partial charge in [0.05, 0.1) is 6.10 Å². The van der Waals surface area contributed by atoms with Gasteiger partial charge in [0, 0.05) is 37.6 Å². The second-order valence-electron chi connectivity index (χ2n) is 8.19. The maximum absolute atomic E-state index is 12.1. The van der Waals surface area contributed by atoms with Crippen LogP contribution in [0.2, 0.25) is 0 Å². The Kier molecular flexibility index (Phi) is 5.72. The number of hydrogen-bond acceptors (Lipinski definition) is 3. The van der Waals surface area contributed by atoms with E-state index in [-0.39, 0.29) is 23.4 Å². The molecule has 2 aliphatic rings. The molecular weight excluding hydrogens is 278 g/mol. The summed E-state index contributed by atoms with van der Waals surface area (Å²) < 4.78 is 0. The molecule has 2 fully saturated rings. The molecule has 1 heterocycles. The largest absolute Gasteiger partial charge is 0.392 e. The van der Waals surface area contributed by atoms with Crippen LogP contribution in [0.4, 0.5) is 4.79 Å². The topological polar surface area (TPSA) is 64.6 Å². The maximum Gasteiger partial charge on any atom is 0.315 e. The molecule has 0 aromatic carbocycles. The molecule has 5 nitrogen and oxygen atoms in total. The Morgan fingerprint density at radius 3 is 2.59 bits per heavy atom. The van der Waals surface area contributed by atoms with E-state index >= 15 is 0 Å². The van der Waals surface area contributed by atoms with E-state index in [2.05, 4.69) is 15.5 Å². The zero-order valence-electron chi connectivity index (χ0n) is 14.6. The maximum atomic E-state index is 12.1. The third-order valence-corrected chi connectivity index (χ3v) is 4.96. The van der Waals surface area contributed by atoms with E-state index in [1.54, 1.807) is 0 Å². The van der Waals surface area contributed by atoms with Gasteiger partial charge in [0.2, 0.25) is 0 Å². The number of urea groups is 1. The Balaban J connectivity index is 1.67. The quantitative estimate of drug-likeness (QED) is 0.672. The lowest BCUT2D eigenvalue weighted by molar-refractivity contribution is 0.0151. The molecule has 2 rings (SSSR count). The smallest absolute Gasteiger partial charge is 0.315 e. The summed E-state index contributed by atoms with van der Waals surface area (Å²) in [5.41, 5.74) is -0.320. The Bertz CT molecular complexity index is 380. The van der Waals surface area contributed by atoms with Gasteiger partial charge in [0.25, 0.3) is 0 Å². The number of likely N-dealkylation sites (tertiary alicyclic amines) is 1. The van der Waals surface area contributed by atoms with E-state index < -0.39 is 6.10 Å². The number of aliphatic hydroxyl groups excluding tert-OH is 1. The molecule has 2 atom stereocenters. The number of carbonyl (C=O) groups is 1. The number of nitrogens with zero attached hydrogens (tertiary/aromatic N) is 1. The number of hydrogen-bond donors (Lipinski definition) is 3. The molecule has 1 saturated heterocycles. The predicted molar refractivity (Wildman–Crippen MR) is 88.7 cm³/mol. The third kappa shape index (κ3) is 5.13. The lowest BCUT2D eigenvalue weighted by Gasteiger charge is -2.33. The summed E-state index contributed by atoms with van der Waals surface area (Å²) in [7, 11) is 0. The zero-order valence-corrected chi connectivity index (χ0v) is 14.6. The second kappa shape index (κ2) is 7.18. The number of nitrogens with one attached hydrogen (secondary N) is 2. The van der Waals surface area contributed by atoms with Crippen molar-refractivity contribution in [2.75, 3.05) is 26.2 Å². The molecule has 128 valence electrons. The molecule has 0 aromatic heterocycles. The van der Waals surface area contributed by atoms with Crippen LogP contribution in [0, 0.1) is 17.3 Å². The fraction of sp³-hybridized carbons (Fsp3) is 0.941. The first-order chi connectivity index (χ1) is 10.3. The van der Waals surface area contributed by atoms with Crippen LogP contribution in [-0.2, 0) is 0 Å². The van der Waals surface area contributed by atoms with E-state index in [1.165, 1.54) is 19.4 Å². The lowest BCUT2D eigenvalue weighted by atomic mass is 9.81. The molecule has 0 spiro atoms. The minimum Gasteiger partial charge on any atom is -0.392 e. The summed E-state index contributed by atoms with van der Waals surface area (Å²) in [5, 5.41) is 16.2. The van der Waals surface area contributed by atoms with Gasteiger partial charge in [-0.2, -0.15) is 0 Å². The first kappa shape index (κ1) is 17.5. The minimum absolute atomic E-state index is 0.109. The molecule has 0 unspecified atom stereocenters. The van der Waals surface area contributed by atoms with Crippen molar-refractivity contribution in [3.63, 3.8) is 0 Å². The van der Waals surface area contributed by atoms with E-state index in [4.69, 9.17) is 0 Å². The predicted octanol–water partition coefficient (Wildman–Crippen LogP) is 1.81. The normalized spacial score (nSPS) is 24.5. The molecule has 0 aromatic rings. The van der Waals surface area contributed by atoms with Crippen LogP contribution in [0.25, 0.3) is 0 Å². The Labute approximate surface area is 134 Å². The molecule has 0 radical (unpaired) electrons. The van der Waals surface area contributed by atoms with E-state index in [9.17, 15) is 9.90 Å². The third-order valence-electron chi connectivity index (χ3n) is 4.96. The fourth-order valence-corrected chi connectivity index (χ4v) is 3.33. The number of carbonyl (C=O) groups excluding carboxylic acids is 1. The summed E-state index contributed by atoms with van der Waals surface area (Å²) in [4.78, 5) is 14.5. The highest BCUT2D eigenvalue weighted by atomic mass is 16.3. The standard InChI is InChI=1S/C17H33N3O2/c1-12(2)15(21)17(3,4)11-18-16(22)19-14-7-8-20(10-14)9-13-5-6-13/h12-15,21H,5-11H2,1-4H3,(H2,18,19,22)/t14-,15-/m0/s1. The summed E-state index contributed by atoms with van der Waals surface area (Å²) in [6.07, 6.45) is 3.37. The molecule has 2 amide bonds. The van der Waals surface area contributed by atoms with Crippen molar-refractivity contribution in [2.24, 2.45) is 17.3 Å². The summed E-state index contributed by atoms with van der Waals surface area (Å²) in [5.74, 6) is 1.09. The van der Waals surface area contributed by atoms with Crippen LogP contribution >= 0.6 is 0 Å². The van der Waals surface area contributed by atoms with Gasteiger partial charge < -0.3 is 20.6 Å². The van der Waals surface area contributed by atoms with E-state index in [0.29, 0.717) is 6.54 Å². The van der Waals surface area contributed by atoms with Crippen LogP contribution in [-0.4, -0.2) is 54.4 Å². The zero-order chi connectivity index (χ0) is 16.3. The first-order valence-corrected chi connectivity index (χ1v) is 8.72. The van der Waals surface area contributed by atoms with Gasteiger partial charge in [-0.25, -0.2) is 4.79 Å². The van der Waals surface area contributed by atoms with Gasteiger partial charge in [-0.1, -0.05) is 27.7 Å². The Morgan fingerprint density at radius 1 is 1.32 bits per heavy atom. The van der Waals surface area contributed by atoms with Crippen molar-refractivity contribution >= 4 is 6.03 Å². The van der Waals surface area contributed by atoms with Gasteiger partial charge >= 0.3 is 6.03 Å². The fourth-order valence-electron chi connectivity index (χ4n) is 3.33. The van der Waals surface area contributed by atoms with E-state index in [1.807, 2.05) is 27.7 Å². The average molecular weight is 311 g/mol. The number of amides is 2. The van der Waals surface area contributed by atoms with Crippen molar-refractivity contribution in [2.45, 2.75) is 59.1 Å². The van der Waals surface area contributed by atoms with E-state index in [0.717, 1.165) is 25.4 Å². The molecule has 0 bridgehead atoms. The number of aliphatic hydroxyl groups is 1. The van der Waals surface area contributed by atoms with Gasteiger partial charge in [-0.05, 0) is 31.1 Å². The Morgan fingerprint density at radius 2 is 2.00 bits per heavy atom. The van der Waals surface area contributed by atoms with Crippen LogP contribution in [0.3, 0.4) is 0 Å². The molecule has 5 heteroatoms. The minimum atomic E-state index is -0.423. The average Bonchev–Trinajstić information content (AvgIpc) is 3.15. The SMILES string of the molecule is CC(C)[C@H](O)C(C)(C)CNC(=O)N[C@H]1CCN(CC2CC2)C1. The molecular formula is C17H33N3O2. The van der Waals surface area contributed by atoms with Gasteiger partial charge in [0.15, 0.2) is 0 Å². The Hall–Kier alpha value is -0.810. The van der Waals surface area contributed by atoms with Gasteiger partial charge in [-0.3, -0.25) is 0 Å². The van der Waals surface area contributed by atoms with Gasteiger partial charge in [-0.15, -0.1) is 0 Å².